The van der Waals surface area contributed by atoms with Gasteiger partial charge in [-0.15, -0.1) is 5.10 Å². The van der Waals surface area contributed by atoms with E-state index >= 15 is 0 Å². The van der Waals surface area contributed by atoms with Gasteiger partial charge in [0.05, 0.1) is 18.8 Å². The smallest absolute Gasteiger partial charge is 0.237 e. The summed E-state index contributed by atoms with van der Waals surface area (Å²) in [4.78, 5) is 12.0. The van der Waals surface area contributed by atoms with Crippen LogP contribution in [0.3, 0.4) is 0 Å². The Morgan fingerprint density at radius 1 is 1.42 bits per heavy atom. The molecule has 0 aromatic carbocycles. The number of nitrogens with one attached hydrogen (secondary N) is 2. The van der Waals surface area contributed by atoms with Gasteiger partial charge in [-0.1, -0.05) is 24.5 Å². The zero-order valence-electron chi connectivity index (χ0n) is 11.5. The molecule has 0 saturated heterocycles. The molecule has 1 unspecified atom stereocenters. The van der Waals surface area contributed by atoms with Crippen molar-refractivity contribution in [2.75, 3.05) is 6.54 Å². The van der Waals surface area contributed by atoms with Crippen molar-refractivity contribution in [1.82, 2.24) is 25.6 Å². The molecule has 106 valence electrons. The van der Waals surface area contributed by atoms with Gasteiger partial charge in [0, 0.05) is 18.8 Å². The number of rotatable bonds is 6. The van der Waals surface area contributed by atoms with Gasteiger partial charge in [-0.2, -0.15) is 0 Å². The molecule has 1 saturated carbocycles. The summed E-state index contributed by atoms with van der Waals surface area (Å²) in [6, 6.07) is 0.214. The Bertz CT molecular complexity index is 372. The van der Waals surface area contributed by atoms with Crippen LogP contribution in [0.1, 0.15) is 39.0 Å². The third-order valence-electron chi connectivity index (χ3n) is 3.61. The fourth-order valence-corrected chi connectivity index (χ4v) is 2.41. The van der Waals surface area contributed by atoms with Gasteiger partial charge in [0.25, 0.3) is 0 Å². The van der Waals surface area contributed by atoms with Crippen LogP contribution in [0, 0.1) is 0 Å². The molecule has 1 aromatic rings. The minimum Gasteiger partial charge on any atom is -0.352 e. The lowest BCUT2D eigenvalue weighted by molar-refractivity contribution is -0.123. The first-order valence-corrected chi connectivity index (χ1v) is 7.13. The topological polar surface area (TPSA) is 71.8 Å². The minimum atomic E-state index is -0.162. The van der Waals surface area contributed by atoms with Crippen LogP contribution in [0.25, 0.3) is 0 Å². The van der Waals surface area contributed by atoms with Crippen molar-refractivity contribution in [2.45, 2.75) is 57.7 Å². The molecule has 2 rings (SSSR count). The number of carbonyl (C=O) groups excluding carboxylic acids is 1. The highest BCUT2D eigenvalue weighted by molar-refractivity contribution is 5.81. The van der Waals surface area contributed by atoms with Gasteiger partial charge in [0.1, 0.15) is 0 Å². The second-order valence-corrected chi connectivity index (χ2v) is 5.19. The molecule has 1 aliphatic carbocycles. The number of amides is 1. The van der Waals surface area contributed by atoms with Gasteiger partial charge in [-0.3, -0.25) is 9.48 Å². The molecule has 1 fully saturated rings. The highest BCUT2D eigenvalue weighted by Crippen LogP contribution is 2.17. The largest absolute Gasteiger partial charge is 0.352 e. The Morgan fingerprint density at radius 3 is 2.89 bits per heavy atom. The van der Waals surface area contributed by atoms with E-state index in [4.69, 9.17) is 0 Å². The van der Waals surface area contributed by atoms with Crippen molar-refractivity contribution >= 4 is 5.91 Å². The van der Waals surface area contributed by atoms with Crippen molar-refractivity contribution in [3.8, 4) is 0 Å². The van der Waals surface area contributed by atoms with E-state index < -0.39 is 0 Å². The second-order valence-electron chi connectivity index (χ2n) is 5.19. The van der Waals surface area contributed by atoms with E-state index in [9.17, 15) is 4.79 Å². The quantitative estimate of drug-likeness (QED) is 0.794. The Balaban J connectivity index is 1.64. The zero-order chi connectivity index (χ0) is 13.5. The van der Waals surface area contributed by atoms with Crippen LogP contribution < -0.4 is 10.6 Å². The summed E-state index contributed by atoms with van der Waals surface area (Å²) in [5, 5.41) is 14.0. The highest BCUT2D eigenvalue weighted by Gasteiger charge is 2.18. The monoisotopic (exact) mass is 265 g/mol. The van der Waals surface area contributed by atoms with Crippen LogP contribution in [-0.4, -0.2) is 39.5 Å². The van der Waals surface area contributed by atoms with E-state index in [0.717, 1.165) is 19.4 Å². The number of hydrogen-bond acceptors (Lipinski definition) is 4. The Hall–Kier alpha value is -1.43. The molecule has 6 heteroatoms. The van der Waals surface area contributed by atoms with Crippen LogP contribution in [0.4, 0.5) is 0 Å². The molecule has 1 aromatic heterocycles. The van der Waals surface area contributed by atoms with E-state index in [2.05, 4.69) is 20.9 Å². The molecular formula is C13H23N5O. The van der Waals surface area contributed by atoms with Gasteiger partial charge in [-0.05, 0) is 19.8 Å². The van der Waals surface area contributed by atoms with E-state index in [0.29, 0.717) is 12.6 Å². The Kier molecular flexibility index (Phi) is 5.32. The fraction of sp³-hybridized carbons (Fsp3) is 0.769. The molecule has 1 heterocycles. The average Bonchev–Trinajstić information content (AvgIpc) is 2.93. The van der Waals surface area contributed by atoms with Crippen LogP contribution in [0.5, 0.6) is 0 Å². The third kappa shape index (κ3) is 4.63. The molecule has 1 aliphatic rings. The number of aromatic nitrogens is 3. The molecule has 0 bridgehead atoms. The third-order valence-corrected chi connectivity index (χ3v) is 3.61. The molecule has 2 N–H and O–H groups in total. The summed E-state index contributed by atoms with van der Waals surface area (Å²) in [5.74, 6) is 0.102. The minimum absolute atomic E-state index is 0.102. The summed E-state index contributed by atoms with van der Waals surface area (Å²) in [6.45, 7) is 3.34. The number of nitrogens with zero attached hydrogens (tertiary/aromatic N) is 3. The predicted octanol–water partition coefficient (Wildman–Crippen LogP) is 0.705. The molecule has 1 amide bonds. The first-order valence-electron chi connectivity index (χ1n) is 7.13. The van der Waals surface area contributed by atoms with Crippen LogP contribution in [0.2, 0.25) is 0 Å². The summed E-state index contributed by atoms with van der Waals surface area (Å²) in [6.07, 6.45) is 9.48. The molecule has 6 nitrogen and oxygen atoms in total. The van der Waals surface area contributed by atoms with Crippen molar-refractivity contribution in [3.05, 3.63) is 12.4 Å². The van der Waals surface area contributed by atoms with Crippen LogP contribution >= 0.6 is 0 Å². The SMILES string of the molecule is CC(NCCn1ccnn1)C(=O)NC1CCCCC1. The standard InChI is InChI=1S/C13H23N5O/c1-11(14-7-9-18-10-8-15-17-18)13(19)16-12-5-3-2-4-6-12/h8,10-12,14H,2-7,9H2,1H3,(H,16,19). The van der Waals surface area contributed by atoms with E-state index in [-0.39, 0.29) is 11.9 Å². The Morgan fingerprint density at radius 2 is 2.21 bits per heavy atom. The molecular weight excluding hydrogens is 242 g/mol. The summed E-state index contributed by atoms with van der Waals surface area (Å²) in [5.41, 5.74) is 0. The summed E-state index contributed by atoms with van der Waals surface area (Å²) < 4.78 is 1.75. The summed E-state index contributed by atoms with van der Waals surface area (Å²) in [7, 11) is 0. The first kappa shape index (κ1) is 14.0. The van der Waals surface area contributed by atoms with Crippen molar-refractivity contribution in [1.29, 1.82) is 0 Å². The van der Waals surface area contributed by atoms with Crippen molar-refractivity contribution in [3.63, 3.8) is 0 Å². The normalized spacial score (nSPS) is 18.2. The van der Waals surface area contributed by atoms with Gasteiger partial charge < -0.3 is 10.6 Å². The fourth-order valence-electron chi connectivity index (χ4n) is 2.41. The maximum atomic E-state index is 12.0. The number of hydrogen-bond donors (Lipinski definition) is 2. The van der Waals surface area contributed by atoms with Crippen molar-refractivity contribution in [2.24, 2.45) is 0 Å². The van der Waals surface area contributed by atoms with Crippen LogP contribution in [0.15, 0.2) is 12.4 Å². The molecule has 0 radical (unpaired) electrons. The molecule has 19 heavy (non-hydrogen) atoms. The molecule has 1 atom stereocenters. The lowest BCUT2D eigenvalue weighted by Gasteiger charge is -2.24. The van der Waals surface area contributed by atoms with Gasteiger partial charge in [0.2, 0.25) is 5.91 Å². The predicted molar refractivity (Wildman–Crippen MR) is 72.5 cm³/mol. The number of carbonyl (C=O) groups is 1. The first-order chi connectivity index (χ1) is 9.25. The second kappa shape index (κ2) is 7.23. The Labute approximate surface area is 113 Å². The zero-order valence-corrected chi connectivity index (χ0v) is 11.5. The molecule has 0 aliphatic heterocycles. The van der Waals surface area contributed by atoms with E-state index in [1.54, 1.807) is 10.9 Å². The molecule has 0 spiro atoms. The lowest BCUT2D eigenvalue weighted by Crippen LogP contribution is -2.47. The maximum absolute atomic E-state index is 12.0. The summed E-state index contributed by atoms with van der Waals surface area (Å²) >= 11 is 0. The average molecular weight is 265 g/mol. The van der Waals surface area contributed by atoms with Crippen molar-refractivity contribution < 1.29 is 4.79 Å². The van der Waals surface area contributed by atoms with E-state index in [1.807, 2.05) is 13.1 Å². The van der Waals surface area contributed by atoms with E-state index in [1.165, 1.54) is 19.3 Å². The lowest BCUT2D eigenvalue weighted by atomic mass is 9.95. The van der Waals surface area contributed by atoms with Gasteiger partial charge in [0.15, 0.2) is 0 Å². The maximum Gasteiger partial charge on any atom is 0.237 e. The highest BCUT2D eigenvalue weighted by atomic mass is 16.2. The van der Waals surface area contributed by atoms with Crippen LogP contribution in [-0.2, 0) is 11.3 Å². The van der Waals surface area contributed by atoms with Gasteiger partial charge >= 0.3 is 0 Å². The van der Waals surface area contributed by atoms with Gasteiger partial charge in [-0.25, -0.2) is 0 Å².